The lowest BCUT2D eigenvalue weighted by Gasteiger charge is -2.31. The largest absolute Gasteiger partial charge is 0.480 e. The van der Waals surface area contributed by atoms with E-state index >= 15 is 0 Å². The van der Waals surface area contributed by atoms with Gasteiger partial charge in [0, 0.05) is 29.6 Å². The Kier molecular flexibility index (Phi) is 6.74. The SMILES string of the molecule is COC(=O)C1C(CN2CC(F)(F)C[C@H]2C(=O)O)=NC(c2nccs2)=N[C@H]1c1ccc(F)cc1Cl. The van der Waals surface area contributed by atoms with Crippen molar-refractivity contribution in [1.82, 2.24) is 9.88 Å². The number of carbonyl (C=O) groups excluding carboxylic acids is 1. The molecule has 2 aromatic rings. The van der Waals surface area contributed by atoms with Crippen molar-refractivity contribution in [1.29, 1.82) is 0 Å². The minimum absolute atomic E-state index is 0.00138. The third-order valence-electron chi connectivity index (χ3n) is 5.56. The standard InChI is InChI=1S/C21H18ClF3N4O4S/c1-33-20(32)15-13(8-29-9-21(24,25)7-14(29)19(30)31)27-17(18-26-4-5-34-18)28-16(15)11-3-2-10(23)6-12(11)22/h2-6,14-16H,7-9H2,1H3,(H,30,31)/t14-,15?,16-/m0/s1. The van der Waals surface area contributed by atoms with E-state index in [0.717, 1.165) is 24.1 Å². The maximum absolute atomic E-state index is 14.1. The summed E-state index contributed by atoms with van der Waals surface area (Å²) in [5, 5.41) is 11.5. The van der Waals surface area contributed by atoms with Crippen LogP contribution in [0.5, 0.6) is 0 Å². The minimum atomic E-state index is -3.22. The zero-order chi connectivity index (χ0) is 24.6. The Balaban J connectivity index is 1.81. The normalized spacial score (nSPS) is 24.4. The van der Waals surface area contributed by atoms with Crippen molar-refractivity contribution in [2.24, 2.45) is 15.9 Å². The zero-order valence-corrected chi connectivity index (χ0v) is 19.2. The molecule has 1 aromatic heterocycles. The van der Waals surface area contributed by atoms with Crippen LogP contribution >= 0.6 is 22.9 Å². The molecule has 1 N–H and O–H groups in total. The van der Waals surface area contributed by atoms with Crippen molar-refractivity contribution < 1.29 is 32.6 Å². The lowest BCUT2D eigenvalue weighted by Crippen LogP contribution is -2.45. The predicted octanol–water partition coefficient (Wildman–Crippen LogP) is 3.46. The molecule has 2 aliphatic rings. The van der Waals surface area contributed by atoms with Crippen molar-refractivity contribution in [2.75, 3.05) is 20.2 Å². The summed E-state index contributed by atoms with van der Waals surface area (Å²) in [6.45, 7) is -1.17. The first-order chi connectivity index (χ1) is 16.1. The molecule has 0 amide bonds. The van der Waals surface area contributed by atoms with Crippen LogP contribution in [0.3, 0.4) is 0 Å². The molecule has 2 aliphatic heterocycles. The van der Waals surface area contributed by atoms with Gasteiger partial charge in [0.05, 0.1) is 25.4 Å². The third kappa shape index (κ3) is 4.84. The highest BCUT2D eigenvalue weighted by atomic mass is 35.5. The van der Waals surface area contributed by atoms with Crippen molar-refractivity contribution in [3.8, 4) is 0 Å². The summed E-state index contributed by atoms with van der Waals surface area (Å²) in [7, 11) is 1.15. The number of carboxylic acid groups (broad SMARTS) is 1. The number of carbonyl (C=O) groups is 2. The second kappa shape index (κ2) is 9.43. The average Bonchev–Trinajstić information content (AvgIpc) is 3.40. The number of carboxylic acids is 1. The number of ether oxygens (including phenoxy) is 1. The molecule has 13 heteroatoms. The first-order valence-corrected chi connectivity index (χ1v) is 11.3. The van der Waals surface area contributed by atoms with E-state index in [-0.39, 0.29) is 23.1 Å². The van der Waals surface area contributed by atoms with Crippen LogP contribution in [-0.2, 0) is 14.3 Å². The van der Waals surface area contributed by atoms with Crippen molar-refractivity contribution >= 4 is 46.4 Å². The molecule has 1 aromatic carbocycles. The van der Waals surface area contributed by atoms with E-state index in [9.17, 15) is 27.9 Å². The van der Waals surface area contributed by atoms with Gasteiger partial charge in [0.1, 0.15) is 17.8 Å². The van der Waals surface area contributed by atoms with Gasteiger partial charge in [-0.05, 0) is 17.7 Å². The molecule has 4 rings (SSSR count). The Hall–Kier alpha value is -2.83. The van der Waals surface area contributed by atoms with E-state index in [1.54, 1.807) is 5.38 Å². The van der Waals surface area contributed by atoms with Crippen LogP contribution in [0.2, 0.25) is 5.02 Å². The van der Waals surface area contributed by atoms with Crippen molar-refractivity contribution in [2.45, 2.75) is 24.4 Å². The highest BCUT2D eigenvalue weighted by Gasteiger charge is 2.50. The van der Waals surface area contributed by atoms with E-state index in [1.807, 2.05) is 0 Å². The minimum Gasteiger partial charge on any atom is -0.480 e. The summed E-state index contributed by atoms with van der Waals surface area (Å²) in [5.41, 5.74) is 0.364. The molecular weight excluding hydrogens is 497 g/mol. The van der Waals surface area contributed by atoms with Crippen LogP contribution in [0.1, 0.15) is 23.0 Å². The lowest BCUT2D eigenvalue weighted by molar-refractivity contribution is -0.143. The van der Waals surface area contributed by atoms with E-state index in [0.29, 0.717) is 10.6 Å². The van der Waals surface area contributed by atoms with Gasteiger partial charge in [0.15, 0.2) is 10.8 Å². The zero-order valence-electron chi connectivity index (χ0n) is 17.6. The first kappa shape index (κ1) is 24.3. The number of alkyl halides is 2. The van der Waals surface area contributed by atoms with Crippen molar-refractivity contribution in [3.05, 3.63) is 51.2 Å². The fraction of sp³-hybridized carbons (Fsp3) is 0.381. The molecule has 180 valence electrons. The van der Waals surface area contributed by atoms with Crippen LogP contribution in [0, 0.1) is 11.7 Å². The van der Waals surface area contributed by atoms with Gasteiger partial charge in [0.2, 0.25) is 0 Å². The number of likely N-dealkylation sites (tertiary alicyclic amines) is 1. The number of amidine groups is 1. The second-order valence-corrected chi connectivity index (χ2v) is 9.13. The van der Waals surface area contributed by atoms with Crippen molar-refractivity contribution in [3.63, 3.8) is 0 Å². The van der Waals surface area contributed by atoms with Gasteiger partial charge in [-0.25, -0.2) is 23.1 Å². The molecule has 0 saturated carbocycles. The van der Waals surface area contributed by atoms with Gasteiger partial charge < -0.3 is 9.84 Å². The summed E-state index contributed by atoms with van der Waals surface area (Å²) in [6.07, 6.45) is 0.657. The Morgan fingerprint density at radius 2 is 2.15 bits per heavy atom. The van der Waals surface area contributed by atoms with Gasteiger partial charge in [-0.2, -0.15) is 0 Å². The Morgan fingerprint density at radius 3 is 2.76 bits per heavy atom. The fourth-order valence-electron chi connectivity index (χ4n) is 4.08. The van der Waals surface area contributed by atoms with Crippen LogP contribution < -0.4 is 0 Å². The van der Waals surface area contributed by atoms with E-state index < -0.39 is 54.6 Å². The number of hydrogen-bond acceptors (Lipinski definition) is 8. The molecule has 1 unspecified atom stereocenters. The molecule has 0 aliphatic carbocycles. The highest BCUT2D eigenvalue weighted by Crippen LogP contribution is 2.38. The molecule has 0 bridgehead atoms. The van der Waals surface area contributed by atoms with E-state index in [4.69, 9.17) is 16.3 Å². The Labute approximate surface area is 200 Å². The quantitative estimate of drug-likeness (QED) is 0.592. The van der Waals surface area contributed by atoms with Crippen LogP contribution in [-0.4, -0.2) is 70.6 Å². The summed E-state index contributed by atoms with van der Waals surface area (Å²) < 4.78 is 46.8. The molecule has 1 saturated heterocycles. The molecule has 34 heavy (non-hydrogen) atoms. The lowest BCUT2D eigenvalue weighted by atomic mass is 9.87. The molecular formula is C21H18ClF3N4O4S. The number of esters is 1. The smallest absolute Gasteiger partial charge is 0.321 e. The van der Waals surface area contributed by atoms with Gasteiger partial charge in [-0.1, -0.05) is 17.7 Å². The van der Waals surface area contributed by atoms with Crippen LogP contribution in [0.15, 0.2) is 39.8 Å². The third-order valence-corrected chi connectivity index (χ3v) is 6.66. The molecule has 8 nitrogen and oxygen atoms in total. The first-order valence-electron chi connectivity index (χ1n) is 10.0. The highest BCUT2D eigenvalue weighted by molar-refractivity contribution is 7.11. The molecule has 0 radical (unpaired) electrons. The number of aliphatic imine (C=N–C) groups is 2. The van der Waals surface area contributed by atoms with Crippen LogP contribution in [0.25, 0.3) is 0 Å². The molecule has 3 atom stereocenters. The number of rotatable bonds is 6. The van der Waals surface area contributed by atoms with Gasteiger partial charge in [-0.15, -0.1) is 11.3 Å². The monoisotopic (exact) mass is 514 g/mol. The Bertz CT molecular complexity index is 1170. The van der Waals surface area contributed by atoms with Gasteiger partial charge in [-0.3, -0.25) is 19.5 Å². The van der Waals surface area contributed by atoms with Crippen LogP contribution in [0.4, 0.5) is 13.2 Å². The molecule has 1 fully saturated rings. The average molecular weight is 515 g/mol. The number of hydrogen-bond donors (Lipinski definition) is 1. The number of benzene rings is 1. The fourth-order valence-corrected chi connectivity index (χ4v) is 4.93. The number of methoxy groups -OCH3 is 1. The summed E-state index contributed by atoms with van der Waals surface area (Å²) in [5.74, 6) is -7.08. The number of aliphatic carboxylic acids is 1. The Morgan fingerprint density at radius 1 is 1.38 bits per heavy atom. The predicted molar refractivity (Wildman–Crippen MR) is 118 cm³/mol. The number of halogens is 4. The topological polar surface area (TPSA) is 104 Å². The number of thiazole rings is 1. The molecule has 3 heterocycles. The molecule has 0 spiro atoms. The van der Waals surface area contributed by atoms with E-state index in [1.165, 1.54) is 23.6 Å². The van der Waals surface area contributed by atoms with Gasteiger partial charge >= 0.3 is 11.9 Å². The number of aromatic nitrogens is 1. The maximum Gasteiger partial charge on any atom is 0.321 e. The number of nitrogens with zero attached hydrogens (tertiary/aromatic N) is 4. The van der Waals surface area contributed by atoms with Gasteiger partial charge in [0.25, 0.3) is 5.92 Å². The summed E-state index contributed by atoms with van der Waals surface area (Å²) in [6, 6.07) is 1.09. The summed E-state index contributed by atoms with van der Waals surface area (Å²) >= 11 is 7.48. The maximum atomic E-state index is 14.1. The van der Waals surface area contributed by atoms with E-state index in [2.05, 4.69) is 15.0 Å². The second-order valence-electron chi connectivity index (χ2n) is 7.82. The summed E-state index contributed by atoms with van der Waals surface area (Å²) in [4.78, 5) is 38.7.